The maximum atomic E-state index is 11.3. The van der Waals surface area contributed by atoms with E-state index in [4.69, 9.17) is 21.1 Å². The number of rotatable bonds is 5. The molecule has 0 fully saturated rings. The zero-order chi connectivity index (χ0) is 20.3. The van der Waals surface area contributed by atoms with Crippen molar-refractivity contribution >= 4 is 24.0 Å². The van der Waals surface area contributed by atoms with Gasteiger partial charge in [0.2, 0.25) is 0 Å². The SMILES string of the molecule is CC(C)(C)OC(=O)NCCOc1ccccc1C=O.Cc1ccc(Cl)cc1. The highest BCUT2D eigenvalue weighted by molar-refractivity contribution is 6.30. The van der Waals surface area contributed by atoms with Gasteiger partial charge < -0.3 is 14.8 Å². The summed E-state index contributed by atoms with van der Waals surface area (Å²) < 4.78 is 10.5. The number of halogens is 1. The predicted octanol–water partition coefficient (Wildman–Crippen LogP) is 5.05. The van der Waals surface area contributed by atoms with Gasteiger partial charge in [-0.3, -0.25) is 4.79 Å². The molecule has 0 heterocycles. The second kappa shape index (κ2) is 11.2. The van der Waals surface area contributed by atoms with Crippen LogP contribution in [0.4, 0.5) is 4.79 Å². The highest BCUT2D eigenvalue weighted by Gasteiger charge is 2.15. The zero-order valence-corrected chi connectivity index (χ0v) is 16.9. The van der Waals surface area contributed by atoms with Crippen LogP contribution >= 0.6 is 11.6 Å². The van der Waals surface area contributed by atoms with Gasteiger partial charge >= 0.3 is 6.09 Å². The summed E-state index contributed by atoms with van der Waals surface area (Å²) in [6.07, 6.45) is 0.246. The van der Waals surface area contributed by atoms with Gasteiger partial charge in [-0.25, -0.2) is 4.79 Å². The maximum absolute atomic E-state index is 11.3. The lowest BCUT2D eigenvalue weighted by molar-refractivity contribution is 0.0520. The highest BCUT2D eigenvalue weighted by atomic mass is 35.5. The molecule has 0 saturated carbocycles. The number of hydrogen-bond donors (Lipinski definition) is 1. The third kappa shape index (κ3) is 10.3. The maximum Gasteiger partial charge on any atom is 0.407 e. The van der Waals surface area contributed by atoms with Gasteiger partial charge in [0.25, 0.3) is 0 Å². The molecule has 1 N–H and O–H groups in total. The van der Waals surface area contributed by atoms with Crippen LogP contribution in [0, 0.1) is 6.92 Å². The lowest BCUT2D eigenvalue weighted by Crippen LogP contribution is -2.34. The number of amides is 1. The van der Waals surface area contributed by atoms with Crippen LogP contribution in [-0.2, 0) is 4.74 Å². The number of carbonyl (C=O) groups excluding carboxylic acids is 2. The molecule has 0 aliphatic carbocycles. The molecule has 6 heteroatoms. The summed E-state index contributed by atoms with van der Waals surface area (Å²) in [6.45, 7) is 8.00. The summed E-state index contributed by atoms with van der Waals surface area (Å²) in [5, 5.41) is 3.37. The van der Waals surface area contributed by atoms with Crippen LogP contribution in [0.15, 0.2) is 48.5 Å². The molecule has 1 amide bonds. The largest absolute Gasteiger partial charge is 0.491 e. The summed E-state index contributed by atoms with van der Waals surface area (Å²) in [7, 11) is 0. The van der Waals surface area contributed by atoms with Crippen LogP contribution in [0.5, 0.6) is 5.75 Å². The van der Waals surface area contributed by atoms with E-state index in [1.165, 1.54) is 5.56 Å². The second-order valence-corrected chi connectivity index (χ2v) is 7.16. The molecule has 0 unspecified atom stereocenters. The van der Waals surface area contributed by atoms with Crippen molar-refractivity contribution in [1.82, 2.24) is 5.32 Å². The minimum absolute atomic E-state index is 0.268. The van der Waals surface area contributed by atoms with Crippen molar-refractivity contribution in [2.75, 3.05) is 13.2 Å². The first kappa shape index (κ1) is 22.5. The molecule has 27 heavy (non-hydrogen) atoms. The molecule has 0 bridgehead atoms. The molecule has 2 aromatic carbocycles. The number of alkyl carbamates (subject to hydrolysis) is 1. The van der Waals surface area contributed by atoms with Crippen LogP contribution in [0.2, 0.25) is 5.02 Å². The second-order valence-electron chi connectivity index (χ2n) is 6.73. The Morgan fingerprint density at radius 1 is 1.11 bits per heavy atom. The van der Waals surface area contributed by atoms with Crippen LogP contribution in [-0.4, -0.2) is 31.1 Å². The minimum atomic E-state index is -0.519. The number of benzene rings is 2. The number of nitrogens with one attached hydrogen (secondary N) is 1. The van der Waals surface area contributed by atoms with Gasteiger partial charge in [-0.05, 0) is 52.0 Å². The summed E-state index contributed by atoms with van der Waals surface area (Å²) in [5.41, 5.74) is 1.21. The van der Waals surface area contributed by atoms with Crippen molar-refractivity contribution in [3.8, 4) is 5.75 Å². The van der Waals surface area contributed by atoms with Crippen LogP contribution in [0.3, 0.4) is 0 Å². The fraction of sp³-hybridized carbons (Fsp3) is 0.333. The summed E-state index contributed by atoms with van der Waals surface area (Å²) in [5.74, 6) is 0.503. The standard InChI is InChI=1S/C14H19NO4.C7H7Cl/c1-14(2,3)19-13(17)15-8-9-18-12-7-5-4-6-11(12)10-16;1-6-2-4-7(8)5-3-6/h4-7,10H,8-9H2,1-3H3,(H,15,17);2-5H,1H3. The zero-order valence-electron chi connectivity index (χ0n) is 16.1. The molecule has 0 saturated heterocycles. The van der Waals surface area contributed by atoms with Gasteiger partial charge in [0.15, 0.2) is 6.29 Å². The van der Waals surface area contributed by atoms with E-state index in [9.17, 15) is 9.59 Å². The fourth-order valence-corrected chi connectivity index (χ4v) is 2.00. The van der Waals surface area contributed by atoms with E-state index in [1.54, 1.807) is 45.0 Å². The topological polar surface area (TPSA) is 64.6 Å². The van der Waals surface area contributed by atoms with Crippen molar-refractivity contribution in [1.29, 1.82) is 0 Å². The average molecular weight is 392 g/mol. The van der Waals surface area contributed by atoms with Crippen molar-refractivity contribution in [2.45, 2.75) is 33.3 Å². The average Bonchev–Trinajstić information content (AvgIpc) is 2.60. The molecule has 2 aromatic rings. The van der Waals surface area contributed by atoms with E-state index >= 15 is 0 Å². The predicted molar refractivity (Wildman–Crippen MR) is 108 cm³/mol. The summed E-state index contributed by atoms with van der Waals surface area (Å²) in [6, 6.07) is 14.7. The van der Waals surface area contributed by atoms with E-state index in [2.05, 4.69) is 5.32 Å². The minimum Gasteiger partial charge on any atom is -0.491 e. The summed E-state index contributed by atoms with van der Waals surface area (Å²) in [4.78, 5) is 22.1. The van der Waals surface area contributed by atoms with Crippen molar-refractivity contribution in [3.05, 3.63) is 64.7 Å². The van der Waals surface area contributed by atoms with Crippen molar-refractivity contribution < 1.29 is 19.1 Å². The third-order valence-electron chi connectivity index (χ3n) is 3.08. The quantitative estimate of drug-likeness (QED) is 0.572. The van der Waals surface area contributed by atoms with Gasteiger partial charge in [-0.2, -0.15) is 0 Å². The lowest BCUT2D eigenvalue weighted by Gasteiger charge is -2.19. The van der Waals surface area contributed by atoms with Gasteiger partial charge in [-0.1, -0.05) is 41.4 Å². The normalized spacial score (nSPS) is 10.3. The lowest BCUT2D eigenvalue weighted by atomic mass is 10.2. The Bertz CT molecular complexity index is 703. The Morgan fingerprint density at radius 2 is 1.74 bits per heavy atom. The Kier molecular flexibility index (Phi) is 9.37. The molecule has 0 aliphatic heterocycles. The third-order valence-corrected chi connectivity index (χ3v) is 3.34. The number of hydrogen-bond acceptors (Lipinski definition) is 4. The number of para-hydroxylation sites is 1. The van der Waals surface area contributed by atoms with E-state index in [1.807, 2.05) is 31.2 Å². The van der Waals surface area contributed by atoms with E-state index in [-0.39, 0.29) is 6.61 Å². The number of ether oxygens (including phenoxy) is 2. The molecule has 0 atom stereocenters. The highest BCUT2D eigenvalue weighted by Crippen LogP contribution is 2.15. The molecular weight excluding hydrogens is 366 g/mol. The Labute approximate surface area is 165 Å². The molecule has 0 radical (unpaired) electrons. The first-order valence-electron chi connectivity index (χ1n) is 8.57. The summed E-state index contributed by atoms with van der Waals surface area (Å²) >= 11 is 5.61. The van der Waals surface area contributed by atoms with E-state index in [0.29, 0.717) is 17.9 Å². The number of carbonyl (C=O) groups is 2. The fourth-order valence-electron chi connectivity index (χ4n) is 1.87. The first-order valence-corrected chi connectivity index (χ1v) is 8.95. The first-order chi connectivity index (χ1) is 12.7. The molecule has 0 aliphatic rings. The number of aryl methyl sites for hydroxylation is 1. The van der Waals surface area contributed by atoms with Gasteiger partial charge in [0.05, 0.1) is 12.1 Å². The van der Waals surface area contributed by atoms with Gasteiger partial charge in [-0.15, -0.1) is 0 Å². The van der Waals surface area contributed by atoms with E-state index < -0.39 is 11.7 Å². The van der Waals surface area contributed by atoms with Crippen molar-refractivity contribution in [3.63, 3.8) is 0 Å². The van der Waals surface area contributed by atoms with Crippen LogP contribution in [0.25, 0.3) is 0 Å². The monoisotopic (exact) mass is 391 g/mol. The van der Waals surface area contributed by atoms with Crippen molar-refractivity contribution in [2.24, 2.45) is 0 Å². The Morgan fingerprint density at radius 3 is 2.30 bits per heavy atom. The van der Waals surface area contributed by atoms with Crippen LogP contribution < -0.4 is 10.1 Å². The van der Waals surface area contributed by atoms with E-state index in [0.717, 1.165) is 11.3 Å². The van der Waals surface area contributed by atoms with Crippen LogP contribution in [0.1, 0.15) is 36.7 Å². The molecule has 0 aromatic heterocycles. The molecular formula is C21H26ClNO4. The molecule has 0 spiro atoms. The number of aldehydes is 1. The molecule has 146 valence electrons. The van der Waals surface area contributed by atoms with Gasteiger partial charge in [0.1, 0.15) is 18.0 Å². The van der Waals surface area contributed by atoms with Gasteiger partial charge in [0, 0.05) is 5.02 Å². The molecule has 2 rings (SSSR count). The Hall–Kier alpha value is -2.53. The molecule has 5 nitrogen and oxygen atoms in total. The Balaban J connectivity index is 0.000000377. The smallest absolute Gasteiger partial charge is 0.407 e.